The molecule has 156 valence electrons. The molecule has 3 aromatic rings. The molecule has 0 radical (unpaired) electrons. The first-order valence-electron chi connectivity index (χ1n) is 9.61. The molecule has 0 saturated carbocycles. The van der Waals surface area contributed by atoms with Crippen molar-refractivity contribution in [3.05, 3.63) is 52.9 Å². The smallest absolute Gasteiger partial charge is 0.322 e. The molecule has 1 saturated heterocycles. The van der Waals surface area contributed by atoms with Gasteiger partial charge in [0.1, 0.15) is 16.8 Å². The summed E-state index contributed by atoms with van der Waals surface area (Å²) in [6.07, 6.45) is 1.44. The molecule has 3 heterocycles. The van der Waals surface area contributed by atoms with E-state index in [1.807, 2.05) is 29.0 Å². The lowest BCUT2D eigenvalue weighted by molar-refractivity contribution is -0.124. The number of thiophene rings is 1. The molecule has 1 aromatic carbocycles. The molecule has 2 N–H and O–H groups in total. The number of carbonyl (C=O) groups excluding carboxylic acids is 2. The molecule has 9 heteroatoms. The van der Waals surface area contributed by atoms with E-state index in [4.69, 9.17) is 4.74 Å². The topological polar surface area (TPSA) is 83.6 Å². The largest absolute Gasteiger partial charge is 0.497 e. The minimum absolute atomic E-state index is 0.154. The molecular formula is C21H22N4O3S2. The number of ether oxygens (including phenoxy) is 1. The highest BCUT2D eigenvalue weighted by Gasteiger charge is 2.34. The van der Waals surface area contributed by atoms with Gasteiger partial charge >= 0.3 is 6.03 Å². The third-order valence-electron chi connectivity index (χ3n) is 4.86. The van der Waals surface area contributed by atoms with Gasteiger partial charge in [-0.25, -0.2) is 9.78 Å². The summed E-state index contributed by atoms with van der Waals surface area (Å²) in [6.45, 7) is 0.898. The summed E-state index contributed by atoms with van der Waals surface area (Å²) < 4.78 is 5.19. The third kappa shape index (κ3) is 4.63. The van der Waals surface area contributed by atoms with E-state index < -0.39 is 6.04 Å². The fraction of sp³-hybridized carbons (Fsp3) is 0.286. The van der Waals surface area contributed by atoms with Gasteiger partial charge in [-0.05, 0) is 36.4 Å². The zero-order valence-electron chi connectivity index (χ0n) is 16.5. The first-order chi connectivity index (χ1) is 14.6. The van der Waals surface area contributed by atoms with Crippen molar-refractivity contribution in [2.45, 2.75) is 25.4 Å². The van der Waals surface area contributed by atoms with Crippen molar-refractivity contribution in [3.63, 3.8) is 0 Å². The van der Waals surface area contributed by atoms with Crippen molar-refractivity contribution in [1.82, 2.24) is 15.2 Å². The van der Waals surface area contributed by atoms with Gasteiger partial charge in [0.05, 0.1) is 24.2 Å². The average molecular weight is 443 g/mol. The van der Waals surface area contributed by atoms with E-state index in [-0.39, 0.29) is 11.9 Å². The van der Waals surface area contributed by atoms with Gasteiger partial charge in [0.25, 0.3) is 0 Å². The Morgan fingerprint density at radius 2 is 2.17 bits per heavy atom. The first kappa shape index (κ1) is 20.4. The minimum Gasteiger partial charge on any atom is -0.497 e. The van der Waals surface area contributed by atoms with Crippen molar-refractivity contribution in [3.8, 4) is 15.6 Å². The van der Waals surface area contributed by atoms with Gasteiger partial charge in [-0.1, -0.05) is 12.1 Å². The lowest BCUT2D eigenvalue weighted by Gasteiger charge is -2.24. The van der Waals surface area contributed by atoms with E-state index in [2.05, 4.69) is 15.6 Å². The van der Waals surface area contributed by atoms with Gasteiger partial charge in [0.2, 0.25) is 5.91 Å². The van der Waals surface area contributed by atoms with E-state index >= 15 is 0 Å². The second kappa shape index (κ2) is 9.27. The highest BCUT2D eigenvalue weighted by Crippen LogP contribution is 2.28. The number of carbonyl (C=O) groups is 2. The Morgan fingerprint density at radius 1 is 1.27 bits per heavy atom. The van der Waals surface area contributed by atoms with Crippen LogP contribution in [0.3, 0.4) is 0 Å². The normalized spacial score (nSPS) is 15.8. The summed E-state index contributed by atoms with van der Waals surface area (Å²) in [5.74, 6) is 0.507. The van der Waals surface area contributed by atoms with Gasteiger partial charge in [-0.2, -0.15) is 0 Å². The van der Waals surface area contributed by atoms with Crippen molar-refractivity contribution < 1.29 is 14.3 Å². The summed E-state index contributed by atoms with van der Waals surface area (Å²) in [5.41, 5.74) is 1.45. The molecule has 7 nitrogen and oxygen atoms in total. The maximum atomic E-state index is 12.7. The quantitative estimate of drug-likeness (QED) is 0.600. The molecule has 0 spiro atoms. The second-order valence-electron chi connectivity index (χ2n) is 6.85. The number of nitrogens with zero attached hydrogens (tertiary/aromatic N) is 2. The Morgan fingerprint density at radius 3 is 2.97 bits per heavy atom. The number of amides is 3. The lowest BCUT2D eigenvalue weighted by Crippen LogP contribution is -2.47. The van der Waals surface area contributed by atoms with Crippen LogP contribution in [0.1, 0.15) is 18.5 Å². The molecule has 0 unspecified atom stereocenters. The fourth-order valence-electron chi connectivity index (χ4n) is 3.38. The van der Waals surface area contributed by atoms with Crippen LogP contribution in [-0.2, 0) is 11.3 Å². The number of rotatable bonds is 6. The van der Waals surface area contributed by atoms with Crippen LogP contribution in [0.4, 0.5) is 10.5 Å². The fourth-order valence-corrected chi connectivity index (χ4v) is 5.01. The molecular weight excluding hydrogens is 420 g/mol. The summed E-state index contributed by atoms with van der Waals surface area (Å²) in [5, 5.41) is 10.7. The van der Waals surface area contributed by atoms with Crippen LogP contribution in [0.25, 0.3) is 9.88 Å². The predicted molar refractivity (Wildman–Crippen MR) is 119 cm³/mol. The standard InChI is InChI=1S/C21H22N4O3S2/c1-28-16-6-2-5-14(11-16)24-21(27)25-9-3-7-17(25)19(26)22-12-15-13-30-20(23-15)18-8-4-10-29-18/h2,4-6,8,10-11,13,17H,3,7,9,12H2,1H3,(H,22,26)(H,24,27)/t17-/m1/s1. The molecule has 1 fully saturated rings. The van der Waals surface area contributed by atoms with E-state index in [1.54, 1.807) is 52.9 Å². The number of hydrogen-bond donors (Lipinski definition) is 2. The summed E-state index contributed by atoms with van der Waals surface area (Å²) in [7, 11) is 1.58. The molecule has 4 rings (SSSR count). The molecule has 1 atom stereocenters. The molecule has 0 bridgehead atoms. The Bertz CT molecular complexity index is 1020. The van der Waals surface area contributed by atoms with Gasteiger partial charge in [-0.3, -0.25) is 4.79 Å². The van der Waals surface area contributed by atoms with Crippen molar-refractivity contribution in [1.29, 1.82) is 0 Å². The number of aromatic nitrogens is 1. The number of methoxy groups -OCH3 is 1. The van der Waals surface area contributed by atoms with E-state index in [0.717, 1.165) is 22.0 Å². The highest BCUT2D eigenvalue weighted by atomic mass is 32.1. The molecule has 1 aliphatic rings. The Hall–Kier alpha value is -2.91. The SMILES string of the molecule is COc1cccc(NC(=O)N2CCC[C@@H]2C(=O)NCc2csc(-c3cccs3)n2)c1. The number of benzene rings is 1. The number of likely N-dealkylation sites (tertiary alicyclic amines) is 1. The maximum absolute atomic E-state index is 12.7. The summed E-state index contributed by atoms with van der Waals surface area (Å²) >= 11 is 3.21. The van der Waals surface area contributed by atoms with Gasteiger partial charge in [0.15, 0.2) is 0 Å². The van der Waals surface area contributed by atoms with Gasteiger partial charge in [-0.15, -0.1) is 22.7 Å². The number of anilines is 1. The number of hydrogen-bond acceptors (Lipinski definition) is 6. The third-order valence-corrected chi connectivity index (χ3v) is 6.79. The van der Waals surface area contributed by atoms with Crippen LogP contribution in [0.5, 0.6) is 5.75 Å². The molecule has 3 amide bonds. The Kier molecular flexibility index (Phi) is 6.29. The van der Waals surface area contributed by atoms with E-state index in [9.17, 15) is 9.59 Å². The zero-order chi connectivity index (χ0) is 20.9. The molecule has 1 aliphatic heterocycles. The summed E-state index contributed by atoms with van der Waals surface area (Å²) in [4.78, 5) is 32.8. The lowest BCUT2D eigenvalue weighted by atomic mass is 10.2. The van der Waals surface area contributed by atoms with E-state index in [1.165, 1.54) is 0 Å². The molecule has 2 aromatic heterocycles. The van der Waals surface area contributed by atoms with Crippen LogP contribution in [0.2, 0.25) is 0 Å². The van der Waals surface area contributed by atoms with Crippen molar-refractivity contribution in [2.24, 2.45) is 0 Å². The number of nitrogens with one attached hydrogen (secondary N) is 2. The van der Waals surface area contributed by atoms with Gasteiger partial charge in [0, 0.05) is 23.7 Å². The van der Waals surface area contributed by atoms with E-state index in [0.29, 0.717) is 30.9 Å². The second-order valence-corrected chi connectivity index (χ2v) is 8.66. The average Bonchev–Trinajstić information content (AvgIpc) is 3.53. The highest BCUT2D eigenvalue weighted by molar-refractivity contribution is 7.20. The van der Waals surface area contributed by atoms with Gasteiger partial charge < -0.3 is 20.3 Å². The predicted octanol–water partition coefficient (Wildman–Crippen LogP) is 4.19. The van der Waals surface area contributed by atoms with Crippen LogP contribution >= 0.6 is 22.7 Å². The monoisotopic (exact) mass is 442 g/mol. The van der Waals surface area contributed by atoms with Crippen LogP contribution in [-0.4, -0.2) is 41.5 Å². The zero-order valence-corrected chi connectivity index (χ0v) is 18.1. The minimum atomic E-state index is -0.481. The van der Waals surface area contributed by atoms with Crippen molar-refractivity contribution >= 4 is 40.3 Å². The van der Waals surface area contributed by atoms with Crippen LogP contribution in [0, 0.1) is 0 Å². The number of thiazole rings is 1. The number of urea groups is 1. The maximum Gasteiger partial charge on any atom is 0.322 e. The molecule has 0 aliphatic carbocycles. The Balaban J connectivity index is 1.34. The van der Waals surface area contributed by atoms with Crippen LogP contribution in [0.15, 0.2) is 47.2 Å². The first-order valence-corrected chi connectivity index (χ1v) is 11.4. The Labute approximate surface area is 182 Å². The summed E-state index contributed by atoms with van der Waals surface area (Å²) in [6, 6.07) is 10.4. The van der Waals surface area contributed by atoms with Crippen LogP contribution < -0.4 is 15.4 Å². The van der Waals surface area contributed by atoms with Crippen molar-refractivity contribution in [2.75, 3.05) is 19.0 Å². The molecule has 30 heavy (non-hydrogen) atoms.